The molecule has 1 rings (SSSR count). The van der Waals surface area contributed by atoms with Gasteiger partial charge in [-0.2, -0.15) is 4.98 Å². The number of nitrogen functional groups attached to an aromatic ring is 1. The zero-order valence-corrected chi connectivity index (χ0v) is 8.25. The van der Waals surface area contributed by atoms with E-state index in [4.69, 9.17) is 5.73 Å². The molecular weight excluding hydrogens is 188 g/mol. The van der Waals surface area contributed by atoms with Gasteiger partial charge in [0.25, 0.3) is 0 Å². The fourth-order valence-electron chi connectivity index (χ4n) is 0.909. The molecule has 0 aliphatic heterocycles. The van der Waals surface area contributed by atoms with Crippen LogP contribution in [0.25, 0.3) is 0 Å². The molecule has 1 aromatic rings. The number of hydrogen-bond donors (Lipinski definition) is 2. The maximum atomic E-state index is 11.3. The highest BCUT2D eigenvalue weighted by Gasteiger charge is 2.08. The molecule has 0 saturated heterocycles. The largest absolute Gasteiger partial charge is 0.368 e. The first-order valence-corrected chi connectivity index (χ1v) is 4.05. The predicted octanol–water partition coefficient (Wildman–Crippen LogP) is 0.549. The quantitative estimate of drug-likeness (QED) is 0.511. The minimum absolute atomic E-state index is 0.0703. The maximum absolute atomic E-state index is 11.3. The summed E-state index contributed by atoms with van der Waals surface area (Å²) in [6.07, 6.45) is 1.52. The first-order chi connectivity index (χ1) is 6.07. The van der Waals surface area contributed by atoms with E-state index in [2.05, 4.69) is 22.8 Å². The Morgan fingerprint density at radius 2 is 2.31 bits per heavy atom. The lowest BCUT2D eigenvalue weighted by molar-refractivity contribution is 1.03. The van der Waals surface area contributed by atoms with Crippen LogP contribution in [-0.2, 0) is 0 Å². The van der Waals surface area contributed by atoms with Gasteiger partial charge in [-0.1, -0.05) is 12.8 Å². The highest BCUT2D eigenvalue weighted by atomic mass is 32.1. The fraction of sp³-hybridized carbons (Fsp3) is 0.286. The van der Waals surface area contributed by atoms with Crippen LogP contribution < -0.4 is 11.3 Å². The summed E-state index contributed by atoms with van der Waals surface area (Å²) in [5.74, 6) is 0.0703. The molecule has 0 aliphatic rings. The van der Waals surface area contributed by atoms with Crippen LogP contribution in [0.2, 0.25) is 0 Å². The summed E-state index contributed by atoms with van der Waals surface area (Å²) in [4.78, 5) is 18.7. The summed E-state index contributed by atoms with van der Waals surface area (Å²) in [7, 11) is 0. The molecule has 70 valence electrons. The molecular formula is C7H10N4OS. The second-order valence-corrected chi connectivity index (χ2v) is 2.81. The molecule has 0 unspecified atom stereocenters. The predicted molar refractivity (Wildman–Crippen MR) is 55.9 cm³/mol. The summed E-state index contributed by atoms with van der Waals surface area (Å²) in [6.45, 7) is 3.42. The van der Waals surface area contributed by atoms with Crippen LogP contribution in [0.4, 0.5) is 11.6 Å². The number of hydrogen-bond acceptors (Lipinski definition) is 5. The average molecular weight is 198 g/mol. The van der Waals surface area contributed by atoms with Crippen LogP contribution >= 0.6 is 12.8 Å². The van der Waals surface area contributed by atoms with Crippen molar-refractivity contribution in [2.45, 2.75) is 13.8 Å². The Hall–Kier alpha value is -1.30. The second kappa shape index (κ2) is 3.61. The molecule has 0 radical (unpaired) electrons. The molecule has 0 aliphatic carbocycles. The van der Waals surface area contributed by atoms with Crippen molar-refractivity contribution in [2.24, 2.45) is 4.99 Å². The SMILES string of the molecule is CC=Nc1c(C)n(S)c(N)nc1=O. The van der Waals surface area contributed by atoms with Crippen molar-refractivity contribution < 1.29 is 0 Å². The molecule has 0 fully saturated rings. The Labute approximate surface area is 80.9 Å². The van der Waals surface area contributed by atoms with E-state index in [1.807, 2.05) is 0 Å². The number of aliphatic imine (C=N–C) groups is 1. The molecule has 1 heterocycles. The van der Waals surface area contributed by atoms with Gasteiger partial charge in [-0.25, -0.2) is 0 Å². The van der Waals surface area contributed by atoms with Crippen LogP contribution in [0, 0.1) is 6.92 Å². The van der Waals surface area contributed by atoms with Crippen LogP contribution in [0.3, 0.4) is 0 Å². The molecule has 0 atom stereocenters. The second-order valence-electron chi connectivity index (χ2n) is 2.41. The lowest BCUT2D eigenvalue weighted by atomic mass is 10.4. The maximum Gasteiger partial charge on any atom is 0.300 e. The Balaban J connectivity index is 3.53. The summed E-state index contributed by atoms with van der Waals surface area (Å²) in [5, 5.41) is 0. The normalized spacial score (nSPS) is 11.0. The summed E-state index contributed by atoms with van der Waals surface area (Å²) >= 11 is 4.04. The number of thiol groups is 1. The first-order valence-electron chi connectivity index (χ1n) is 3.65. The topological polar surface area (TPSA) is 73.3 Å². The number of rotatable bonds is 1. The van der Waals surface area contributed by atoms with E-state index < -0.39 is 5.56 Å². The molecule has 0 aromatic carbocycles. The van der Waals surface area contributed by atoms with E-state index in [9.17, 15) is 4.79 Å². The highest BCUT2D eigenvalue weighted by molar-refractivity contribution is 7.78. The molecule has 1 aromatic heterocycles. The van der Waals surface area contributed by atoms with Crippen LogP contribution in [0.15, 0.2) is 9.79 Å². The Morgan fingerprint density at radius 3 is 2.85 bits per heavy atom. The van der Waals surface area contributed by atoms with Crippen molar-refractivity contribution in [3.8, 4) is 0 Å². The van der Waals surface area contributed by atoms with E-state index in [-0.39, 0.29) is 11.6 Å². The zero-order chi connectivity index (χ0) is 10.0. The molecule has 2 N–H and O–H groups in total. The molecule has 0 spiro atoms. The smallest absolute Gasteiger partial charge is 0.300 e. The van der Waals surface area contributed by atoms with Gasteiger partial charge in [0, 0.05) is 6.21 Å². The van der Waals surface area contributed by atoms with Gasteiger partial charge in [-0.15, -0.1) is 0 Å². The van der Waals surface area contributed by atoms with E-state index in [1.54, 1.807) is 13.8 Å². The molecule has 6 heteroatoms. The summed E-state index contributed by atoms with van der Waals surface area (Å²) in [5.41, 5.74) is 5.83. The standard InChI is InChI=1S/C7H10N4OS/c1-3-9-5-4(2)11(13)7(8)10-6(5)12/h3,13H,1-2H3,(H2,8,10,12). The van der Waals surface area contributed by atoms with E-state index in [0.29, 0.717) is 5.69 Å². The van der Waals surface area contributed by atoms with Crippen LogP contribution in [0.1, 0.15) is 12.6 Å². The minimum Gasteiger partial charge on any atom is -0.368 e. The number of anilines is 1. The third-order valence-electron chi connectivity index (χ3n) is 1.55. The average Bonchev–Trinajstić information content (AvgIpc) is 2.09. The fourth-order valence-corrected chi connectivity index (χ4v) is 1.05. The lowest BCUT2D eigenvalue weighted by Gasteiger charge is -2.06. The van der Waals surface area contributed by atoms with Gasteiger partial charge in [0.2, 0.25) is 5.95 Å². The van der Waals surface area contributed by atoms with Crippen molar-refractivity contribution in [2.75, 3.05) is 5.73 Å². The summed E-state index contributed by atoms with van der Waals surface area (Å²) < 4.78 is 1.32. The molecule has 5 nitrogen and oxygen atoms in total. The third kappa shape index (κ3) is 1.72. The van der Waals surface area contributed by atoms with Gasteiger partial charge >= 0.3 is 5.56 Å². The van der Waals surface area contributed by atoms with Gasteiger partial charge in [-0.05, 0) is 13.8 Å². The number of nitrogens with two attached hydrogens (primary N) is 1. The Morgan fingerprint density at radius 1 is 1.69 bits per heavy atom. The zero-order valence-electron chi connectivity index (χ0n) is 7.35. The Kier molecular flexibility index (Phi) is 2.72. The van der Waals surface area contributed by atoms with Gasteiger partial charge in [0.1, 0.15) is 5.69 Å². The van der Waals surface area contributed by atoms with Crippen molar-refractivity contribution in [3.05, 3.63) is 16.0 Å². The van der Waals surface area contributed by atoms with Crippen molar-refractivity contribution in [1.82, 2.24) is 8.96 Å². The lowest BCUT2D eigenvalue weighted by Crippen LogP contribution is -2.15. The third-order valence-corrected chi connectivity index (χ3v) is 2.06. The van der Waals surface area contributed by atoms with Crippen molar-refractivity contribution in [3.63, 3.8) is 0 Å². The van der Waals surface area contributed by atoms with E-state index >= 15 is 0 Å². The van der Waals surface area contributed by atoms with Gasteiger partial charge < -0.3 is 5.73 Å². The van der Waals surface area contributed by atoms with E-state index in [1.165, 1.54) is 10.2 Å². The van der Waals surface area contributed by atoms with Crippen molar-refractivity contribution in [1.29, 1.82) is 0 Å². The highest BCUT2D eigenvalue weighted by Crippen LogP contribution is 2.14. The van der Waals surface area contributed by atoms with Crippen LogP contribution in [-0.4, -0.2) is 15.2 Å². The van der Waals surface area contributed by atoms with Gasteiger partial charge in [-0.3, -0.25) is 13.8 Å². The van der Waals surface area contributed by atoms with E-state index in [0.717, 1.165) is 0 Å². The van der Waals surface area contributed by atoms with Crippen LogP contribution in [0.5, 0.6) is 0 Å². The van der Waals surface area contributed by atoms with Gasteiger partial charge in [0.15, 0.2) is 0 Å². The monoisotopic (exact) mass is 198 g/mol. The minimum atomic E-state index is -0.432. The molecule has 13 heavy (non-hydrogen) atoms. The Bertz CT molecular complexity index is 410. The molecule has 0 saturated carbocycles. The number of aromatic nitrogens is 2. The molecule has 0 bridgehead atoms. The molecule has 0 amide bonds. The van der Waals surface area contributed by atoms with Gasteiger partial charge in [0.05, 0.1) is 5.69 Å². The first kappa shape index (κ1) is 9.79. The summed E-state index contributed by atoms with van der Waals surface area (Å²) in [6, 6.07) is 0. The van der Waals surface area contributed by atoms with Crippen molar-refractivity contribution >= 4 is 30.7 Å². The number of nitrogens with zero attached hydrogens (tertiary/aromatic N) is 3.